The van der Waals surface area contributed by atoms with Crippen LogP contribution < -0.4 is 10.6 Å². The molecule has 0 amide bonds. The van der Waals surface area contributed by atoms with Crippen molar-refractivity contribution in [2.24, 2.45) is 0 Å². The first kappa shape index (κ1) is 13.5. The lowest BCUT2D eigenvalue weighted by Crippen LogP contribution is -2.42. The minimum absolute atomic E-state index is 0.00745. The molecule has 104 valence electrons. The first-order valence-electron chi connectivity index (χ1n) is 6.67. The van der Waals surface area contributed by atoms with E-state index in [0.29, 0.717) is 16.2 Å². The Hall–Kier alpha value is -2.46. The summed E-state index contributed by atoms with van der Waals surface area (Å²) in [7, 11) is 0. The number of nitrogens with one attached hydrogen (secondary N) is 2. The average molecular weight is 294 g/mol. The quantitative estimate of drug-likeness (QED) is 0.674. The monoisotopic (exact) mass is 294 g/mol. The van der Waals surface area contributed by atoms with Crippen molar-refractivity contribution < 1.29 is 4.79 Å². The molecule has 2 N–H and O–H groups in total. The average Bonchev–Trinajstić information content (AvgIpc) is 2.56. The highest BCUT2D eigenvalue weighted by molar-refractivity contribution is 7.80. The van der Waals surface area contributed by atoms with E-state index in [1.54, 1.807) is 6.20 Å². The third-order valence-electron chi connectivity index (χ3n) is 3.38. The van der Waals surface area contributed by atoms with Gasteiger partial charge in [-0.25, -0.2) is 0 Å². The Bertz CT molecular complexity index is 695. The van der Waals surface area contributed by atoms with Gasteiger partial charge in [0.15, 0.2) is 10.9 Å². The number of thiocarbonyl (C=S) groups is 1. The van der Waals surface area contributed by atoms with Crippen molar-refractivity contribution in [2.75, 3.05) is 0 Å². The van der Waals surface area contributed by atoms with Gasteiger partial charge in [-0.1, -0.05) is 60.7 Å². The van der Waals surface area contributed by atoms with Crippen LogP contribution in [0.25, 0.3) is 0 Å². The number of ketones is 1. The molecule has 0 bridgehead atoms. The zero-order chi connectivity index (χ0) is 14.7. The van der Waals surface area contributed by atoms with E-state index in [9.17, 15) is 4.79 Å². The molecule has 0 saturated heterocycles. The van der Waals surface area contributed by atoms with E-state index >= 15 is 0 Å². The lowest BCUT2D eigenvalue weighted by molar-refractivity contribution is 0.102. The second kappa shape index (κ2) is 5.89. The molecule has 2 aromatic rings. The smallest absolute Gasteiger partial charge is 0.192 e. The number of hydrogen-bond donors (Lipinski definition) is 2. The van der Waals surface area contributed by atoms with Crippen molar-refractivity contribution in [3.63, 3.8) is 0 Å². The predicted octanol–water partition coefficient (Wildman–Crippen LogP) is 2.97. The second-order valence-electron chi connectivity index (χ2n) is 4.76. The third-order valence-corrected chi connectivity index (χ3v) is 3.61. The molecule has 4 heteroatoms. The summed E-state index contributed by atoms with van der Waals surface area (Å²) in [5.41, 5.74) is 2.33. The minimum atomic E-state index is -0.229. The molecule has 0 saturated carbocycles. The molecule has 21 heavy (non-hydrogen) atoms. The third kappa shape index (κ3) is 2.85. The van der Waals surface area contributed by atoms with Gasteiger partial charge in [0, 0.05) is 17.3 Å². The second-order valence-corrected chi connectivity index (χ2v) is 5.16. The molecule has 2 aromatic carbocycles. The standard InChI is InChI=1S/C17H14N2OS/c20-16(13-9-5-2-6-10-13)14-11-18-17(21)19-15(14)12-7-3-1-4-8-12/h1-11,15H,(H2,18,19,21). The number of hydrogen-bond acceptors (Lipinski definition) is 2. The van der Waals surface area contributed by atoms with Crippen molar-refractivity contribution in [3.05, 3.63) is 83.6 Å². The summed E-state index contributed by atoms with van der Waals surface area (Å²) >= 11 is 5.16. The molecular weight excluding hydrogens is 280 g/mol. The van der Waals surface area contributed by atoms with E-state index < -0.39 is 0 Å². The molecule has 0 spiro atoms. The van der Waals surface area contributed by atoms with Gasteiger partial charge in [0.2, 0.25) is 0 Å². The fraction of sp³-hybridized carbons (Fsp3) is 0.0588. The van der Waals surface area contributed by atoms with Crippen LogP contribution in [0.15, 0.2) is 72.4 Å². The van der Waals surface area contributed by atoms with E-state index in [1.165, 1.54) is 0 Å². The molecule has 0 fully saturated rings. The molecule has 1 atom stereocenters. The van der Waals surface area contributed by atoms with Crippen LogP contribution in [0.3, 0.4) is 0 Å². The zero-order valence-electron chi connectivity index (χ0n) is 11.2. The lowest BCUT2D eigenvalue weighted by atomic mass is 9.92. The van der Waals surface area contributed by atoms with Gasteiger partial charge < -0.3 is 10.6 Å². The van der Waals surface area contributed by atoms with Crippen LogP contribution in [0.2, 0.25) is 0 Å². The maximum Gasteiger partial charge on any atom is 0.192 e. The van der Waals surface area contributed by atoms with Gasteiger partial charge >= 0.3 is 0 Å². The first-order chi connectivity index (χ1) is 10.3. The van der Waals surface area contributed by atoms with Gasteiger partial charge in [0.25, 0.3) is 0 Å². The zero-order valence-corrected chi connectivity index (χ0v) is 12.1. The van der Waals surface area contributed by atoms with Crippen molar-refractivity contribution in [1.29, 1.82) is 0 Å². The van der Waals surface area contributed by atoms with Crippen molar-refractivity contribution in [2.45, 2.75) is 6.04 Å². The molecule has 0 aliphatic carbocycles. The van der Waals surface area contributed by atoms with E-state index in [0.717, 1.165) is 5.56 Å². The van der Waals surface area contributed by atoms with Crippen LogP contribution in [0.4, 0.5) is 0 Å². The number of Topliss-reactive ketones (excluding diaryl/α,β-unsaturated/α-hetero) is 1. The fourth-order valence-electron chi connectivity index (χ4n) is 2.34. The van der Waals surface area contributed by atoms with E-state index in [2.05, 4.69) is 10.6 Å². The van der Waals surface area contributed by atoms with Crippen molar-refractivity contribution in [3.8, 4) is 0 Å². The minimum Gasteiger partial charge on any atom is -0.351 e. The highest BCUT2D eigenvalue weighted by Gasteiger charge is 2.27. The van der Waals surface area contributed by atoms with Crippen LogP contribution in [-0.4, -0.2) is 10.9 Å². The largest absolute Gasteiger partial charge is 0.351 e. The van der Waals surface area contributed by atoms with Crippen LogP contribution in [-0.2, 0) is 0 Å². The Labute approximate surface area is 128 Å². The van der Waals surface area contributed by atoms with Crippen molar-refractivity contribution >= 4 is 23.1 Å². The molecule has 1 aliphatic heterocycles. The summed E-state index contributed by atoms with van der Waals surface area (Å²) in [6, 6.07) is 18.8. The summed E-state index contributed by atoms with van der Waals surface area (Å²) in [4.78, 5) is 12.7. The van der Waals surface area contributed by atoms with E-state index in [4.69, 9.17) is 12.2 Å². The Morgan fingerprint density at radius 1 is 0.952 bits per heavy atom. The summed E-state index contributed by atoms with van der Waals surface area (Å²) < 4.78 is 0. The molecule has 0 radical (unpaired) electrons. The number of carbonyl (C=O) groups excluding carboxylic acids is 1. The highest BCUT2D eigenvalue weighted by Crippen LogP contribution is 2.26. The Morgan fingerprint density at radius 2 is 1.57 bits per heavy atom. The molecule has 1 aliphatic rings. The first-order valence-corrected chi connectivity index (χ1v) is 7.08. The molecular formula is C17H14N2OS. The van der Waals surface area contributed by atoms with E-state index in [-0.39, 0.29) is 11.8 Å². The molecule has 1 heterocycles. The topological polar surface area (TPSA) is 41.1 Å². The molecule has 0 aromatic heterocycles. The van der Waals surface area contributed by atoms with Crippen LogP contribution in [0.1, 0.15) is 22.0 Å². The maximum atomic E-state index is 12.7. The maximum absolute atomic E-state index is 12.7. The number of rotatable bonds is 3. The van der Waals surface area contributed by atoms with Gasteiger partial charge in [-0.2, -0.15) is 0 Å². The fourth-order valence-corrected chi connectivity index (χ4v) is 2.52. The van der Waals surface area contributed by atoms with Crippen molar-refractivity contribution in [1.82, 2.24) is 10.6 Å². The summed E-state index contributed by atoms with van der Waals surface area (Å²) in [5, 5.41) is 6.61. The number of benzene rings is 2. The Morgan fingerprint density at radius 3 is 2.24 bits per heavy atom. The van der Waals surface area contributed by atoms with Crippen LogP contribution in [0.5, 0.6) is 0 Å². The normalized spacial score (nSPS) is 17.4. The van der Waals surface area contributed by atoms with Crippen LogP contribution in [0, 0.1) is 0 Å². The molecule has 3 nitrogen and oxygen atoms in total. The Kier molecular flexibility index (Phi) is 3.79. The van der Waals surface area contributed by atoms with Gasteiger partial charge in [0.05, 0.1) is 6.04 Å². The summed E-state index contributed by atoms with van der Waals surface area (Å²) in [6.07, 6.45) is 1.70. The van der Waals surface area contributed by atoms with E-state index in [1.807, 2.05) is 60.7 Å². The SMILES string of the molecule is O=C(C1=CNC(=S)NC1c1ccccc1)c1ccccc1. The lowest BCUT2D eigenvalue weighted by Gasteiger charge is -2.27. The predicted molar refractivity (Wildman–Crippen MR) is 86.9 cm³/mol. The van der Waals surface area contributed by atoms with Gasteiger partial charge in [-0.05, 0) is 17.8 Å². The van der Waals surface area contributed by atoms with Crippen LogP contribution >= 0.6 is 12.2 Å². The van der Waals surface area contributed by atoms with Gasteiger partial charge in [-0.15, -0.1) is 0 Å². The molecule has 1 unspecified atom stereocenters. The van der Waals surface area contributed by atoms with Gasteiger partial charge in [0.1, 0.15) is 0 Å². The highest BCUT2D eigenvalue weighted by atomic mass is 32.1. The Balaban J connectivity index is 1.98. The summed E-state index contributed by atoms with van der Waals surface area (Å²) in [5.74, 6) is -0.00745. The summed E-state index contributed by atoms with van der Waals surface area (Å²) in [6.45, 7) is 0. The van der Waals surface area contributed by atoms with Gasteiger partial charge in [-0.3, -0.25) is 4.79 Å². The molecule has 3 rings (SSSR count). The number of carbonyl (C=O) groups is 1.